The minimum Gasteiger partial charge on any atom is -0.299 e. The number of anilines is 1. The molecule has 0 aromatic heterocycles. The van der Waals surface area contributed by atoms with Gasteiger partial charge in [-0.2, -0.15) is 5.26 Å². The summed E-state index contributed by atoms with van der Waals surface area (Å²) in [6.45, 7) is 1.51. The zero-order valence-corrected chi connectivity index (χ0v) is 17.3. The van der Waals surface area contributed by atoms with Gasteiger partial charge in [-0.15, -0.1) is 0 Å². The average molecular weight is 418 g/mol. The Balaban J connectivity index is 1.69. The van der Waals surface area contributed by atoms with Gasteiger partial charge in [-0.05, 0) is 41.3 Å². The van der Waals surface area contributed by atoms with Crippen LogP contribution in [0.3, 0.4) is 0 Å². The largest absolute Gasteiger partial charge is 0.299 e. The van der Waals surface area contributed by atoms with E-state index in [9.17, 15) is 19.6 Å². The Morgan fingerprint density at radius 2 is 1.44 bits per heavy atom. The number of carbonyl (C=O) groups excluding carboxylic acids is 3. The van der Waals surface area contributed by atoms with E-state index in [4.69, 9.17) is 0 Å². The molecule has 3 aliphatic carbocycles. The molecule has 0 N–H and O–H groups in total. The molecule has 5 nitrogen and oxygen atoms in total. The van der Waals surface area contributed by atoms with Crippen molar-refractivity contribution >= 4 is 23.3 Å². The number of benzene rings is 3. The molecular weight excluding hydrogens is 400 g/mol. The van der Waals surface area contributed by atoms with E-state index < -0.39 is 23.2 Å². The minimum atomic E-state index is -1.23. The number of carbonyl (C=O) groups is 3. The van der Waals surface area contributed by atoms with Crippen LogP contribution in [0.15, 0.2) is 72.8 Å². The van der Waals surface area contributed by atoms with Gasteiger partial charge in [0.2, 0.25) is 11.8 Å². The predicted molar refractivity (Wildman–Crippen MR) is 117 cm³/mol. The van der Waals surface area contributed by atoms with E-state index in [-0.39, 0.29) is 28.9 Å². The van der Waals surface area contributed by atoms with Crippen LogP contribution in [0.4, 0.5) is 5.69 Å². The standard InChI is InChI=1S/C27H18N2O3/c1-15(30)27-19-11-5-3-9-17(19)22(18-10-4-6-12-20(18)27)23-24(27)26(32)29(25(23)31)21-13-7-2-8-16(21)14-28/h2-13,22-24H,1H3/t22?,23-,24-,27?/m1/s1. The maximum absolute atomic E-state index is 14.0. The summed E-state index contributed by atoms with van der Waals surface area (Å²) in [5.74, 6) is -2.75. The number of rotatable bonds is 2. The topological polar surface area (TPSA) is 78.2 Å². The molecule has 3 aromatic rings. The third-order valence-electron chi connectivity index (χ3n) is 7.44. The van der Waals surface area contributed by atoms with Crippen LogP contribution in [0, 0.1) is 23.2 Å². The molecule has 7 rings (SSSR count). The number of Topliss-reactive ketones (excluding diaryl/α,β-unsaturated/α-hetero) is 1. The van der Waals surface area contributed by atoms with Crippen molar-refractivity contribution in [3.63, 3.8) is 0 Å². The summed E-state index contributed by atoms with van der Waals surface area (Å²) >= 11 is 0. The van der Waals surface area contributed by atoms with Crippen LogP contribution in [0.25, 0.3) is 0 Å². The van der Waals surface area contributed by atoms with E-state index in [0.29, 0.717) is 0 Å². The molecule has 4 aliphatic rings. The number of nitrogens with zero attached hydrogens (tertiary/aromatic N) is 2. The fourth-order valence-corrected chi connectivity index (χ4v) is 6.37. The number of ketones is 1. The molecule has 1 heterocycles. The Labute approximate surface area is 184 Å². The lowest BCUT2D eigenvalue weighted by molar-refractivity contribution is -0.132. The second kappa shape index (κ2) is 6.24. The van der Waals surface area contributed by atoms with E-state index in [1.165, 1.54) is 6.92 Å². The van der Waals surface area contributed by atoms with Crippen LogP contribution in [-0.4, -0.2) is 17.6 Å². The molecule has 2 bridgehead atoms. The van der Waals surface area contributed by atoms with Crippen molar-refractivity contribution in [2.45, 2.75) is 18.3 Å². The molecule has 5 heteroatoms. The second-order valence-corrected chi connectivity index (χ2v) is 8.66. The lowest BCUT2D eigenvalue weighted by atomic mass is 9.46. The molecule has 3 aromatic carbocycles. The van der Waals surface area contributed by atoms with E-state index >= 15 is 0 Å². The van der Waals surface area contributed by atoms with Gasteiger partial charge in [0.1, 0.15) is 11.9 Å². The molecule has 0 radical (unpaired) electrons. The molecular formula is C27H18N2O3. The van der Waals surface area contributed by atoms with Gasteiger partial charge < -0.3 is 0 Å². The van der Waals surface area contributed by atoms with Crippen molar-refractivity contribution in [3.8, 4) is 6.07 Å². The van der Waals surface area contributed by atoms with Crippen LogP contribution in [0.2, 0.25) is 0 Å². The molecule has 2 atom stereocenters. The summed E-state index contributed by atoms with van der Waals surface area (Å²) in [5, 5.41) is 9.60. The van der Waals surface area contributed by atoms with Crippen LogP contribution in [0.1, 0.15) is 40.7 Å². The SMILES string of the molecule is CC(=O)C12c3ccccc3C(c3ccccc31)[C@H]1C(=O)N(c3ccccc3C#N)C(=O)[C@@H]12. The van der Waals surface area contributed by atoms with Gasteiger partial charge in [-0.3, -0.25) is 14.4 Å². The maximum Gasteiger partial charge on any atom is 0.239 e. The van der Waals surface area contributed by atoms with Crippen molar-refractivity contribution in [3.05, 3.63) is 101 Å². The molecule has 2 amide bonds. The summed E-state index contributed by atoms with van der Waals surface area (Å²) in [4.78, 5) is 42.5. The highest BCUT2D eigenvalue weighted by molar-refractivity contribution is 6.26. The normalized spacial score (nSPS) is 26.9. The number of hydrogen-bond donors (Lipinski definition) is 0. The molecule has 1 aliphatic heterocycles. The van der Waals surface area contributed by atoms with Gasteiger partial charge in [0.15, 0.2) is 0 Å². The minimum absolute atomic E-state index is 0.151. The van der Waals surface area contributed by atoms with Crippen molar-refractivity contribution in [2.24, 2.45) is 11.8 Å². The molecule has 0 spiro atoms. The Kier molecular flexibility index (Phi) is 3.65. The summed E-state index contributed by atoms with van der Waals surface area (Å²) < 4.78 is 0. The van der Waals surface area contributed by atoms with Crippen molar-refractivity contribution in [2.75, 3.05) is 4.90 Å². The zero-order valence-electron chi connectivity index (χ0n) is 17.3. The maximum atomic E-state index is 14.0. The van der Waals surface area contributed by atoms with Gasteiger partial charge in [-0.1, -0.05) is 60.7 Å². The second-order valence-electron chi connectivity index (χ2n) is 8.66. The van der Waals surface area contributed by atoms with Crippen molar-refractivity contribution < 1.29 is 14.4 Å². The van der Waals surface area contributed by atoms with Crippen molar-refractivity contribution in [1.29, 1.82) is 5.26 Å². The summed E-state index contributed by atoms with van der Waals surface area (Å²) in [7, 11) is 0. The first-order chi connectivity index (χ1) is 15.5. The van der Waals surface area contributed by atoms with Crippen LogP contribution >= 0.6 is 0 Å². The van der Waals surface area contributed by atoms with Gasteiger partial charge in [0.25, 0.3) is 0 Å². The molecule has 1 saturated heterocycles. The quantitative estimate of drug-likeness (QED) is 0.595. The van der Waals surface area contributed by atoms with E-state index in [1.54, 1.807) is 24.3 Å². The van der Waals surface area contributed by atoms with Crippen LogP contribution in [0.5, 0.6) is 0 Å². The summed E-state index contributed by atoms with van der Waals surface area (Å²) in [6.07, 6.45) is 0. The summed E-state index contributed by atoms with van der Waals surface area (Å²) in [5.41, 5.74) is 2.80. The van der Waals surface area contributed by atoms with Crippen molar-refractivity contribution in [1.82, 2.24) is 0 Å². The predicted octanol–water partition coefficient (Wildman–Crippen LogP) is 3.70. The molecule has 1 fully saturated rings. The number of nitriles is 1. The average Bonchev–Trinajstić information content (AvgIpc) is 3.09. The van der Waals surface area contributed by atoms with Gasteiger partial charge >= 0.3 is 0 Å². The van der Waals surface area contributed by atoms with E-state index in [0.717, 1.165) is 27.2 Å². The molecule has 0 saturated carbocycles. The van der Waals surface area contributed by atoms with Gasteiger partial charge in [-0.25, -0.2) is 4.90 Å². The lowest BCUT2D eigenvalue weighted by Crippen LogP contribution is -2.57. The van der Waals surface area contributed by atoms with E-state index in [1.807, 2.05) is 48.5 Å². The first-order valence-corrected chi connectivity index (χ1v) is 10.6. The summed E-state index contributed by atoms with van der Waals surface area (Å²) in [6, 6.07) is 24.1. The Bertz CT molecular complexity index is 1350. The highest BCUT2D eigenvalue weighted by Crippen LogP contribution is 2.64. The number of hydrogen-bond acceptors (Lipinski definition) is 4. The monoisotopic (exact) mass is 418 g/mol. The highest BCUT2D eigenvalue weighted by Gasteiger charge is 2.70. The Morgan fingerprint density at radius 1 is 0.875 bits per heavy atom. The van der Waals surface area contributed by atoms with E-state index in [2.05, 4.69) is 6.07 Å². The van der Waals surface area contributed by atoms with Gasteiger partial charge in [0.05, 0.1) is 28.5 Å². The fraction of sp³-hybridized carbons (Fsp3) is 0.185. The third kappa shape index (κ3) is 1.95. The number of amides is 2. The zero-order chi connectivity index (χ0) is 22.2. The molecule has 154 valence electrons. The van der Waals surface area contributed by atoms with Crippen LogP contribution in [-0.2, 0) is 19.8 Å². The van der Waals surface area contributed by atoms with Crippen LogP contribution < -0.4 is 4.90 Å². The fourth-order valence-electron chi connectivity index (χ4n) is 6.37. The number of para-hydroxylation sites is 1. The molecule has 0 unspecified atom stereocenters. The Hall–Kier alpha value is -4.04. The van der Waals surface area contributed by atoms with Gasteiger partial charge in [0, 0.05) is 5.92 Å². The smallest absolute Gasteiger partial charge is 0.239 e. The molecule has 32 heavy (non-hydrogen) atoms. The number of imide groups is 1. The first kappa shape index (κ1) is 18.7. The lowest BCUT2D eigenvalue weighted by Gasteiger charge is -2.52. The Morgan fingerprint density at radius 3 is 2.03 bits per heavy atom. The first-order valence-electron chi connectivity index (χ1n) is 10.6. The third-order valence-corrected chi connectivity index (χ3v) is 7.44. The highest BCUT2D eigenvalue weighted by atomic mass is 16.2.